The van der Waals surface area contributed by atoms with Crippen LogP contribution < -0.4 is 0 Å². The Morgan fingerprint density at radius 1 is 0.815 bits per heavy atom. The molecular weight excluding hydrogens is 336 g/mol. The third-order valence-corrected chi connectivity index (χ3v) is 5.11. The molecule has 1 aliphatic rings. The van der Waals surface area contributed by atoms with E-state index < -0.39 is 0 Å². The van der Waals surface area contributed by atoms with Gasteiger partial charge >= 0.3 is 0 Å². The number of rotatable bonds is 3. The van der Waals surface area contributed by atoms with Crippen LogP contribution in [0, 0.1) is 20.8 Å². The van der Waals surface area contributed by atoms with Crippen LogP contribution in [0.2, 0.25) is 0 Å². The molecule has 27 heavy (non-hydrogen) atoms. The molecule has 0 bridgehead atoms. The second-order valence-corrected chi connectivity index (χ2v) is 7.19. The zero-order chi connectivity index (χ0) is 18.5. The number of aryl methyl sites for hydroxylation is 3. The number of hydrogen-bond acceptors (Lipinski definition) is 5. The number of benzene rings is 1. The summed E-state index contributed by atoms with van der Waals surface area (Å²) in [4.78, 5) is 18.5. The largest absolute Gasteiger partial charge is 0.253 e. The Balaban J connectivity index is 1.48. The van der Waals surface area contributed by atoms with E-state index >= 15 is 0 Å². The topological polar surface area (TPSA) is 69.4 Å². The first-order valence-corrected chi connectivity index (χ1v) is 9.20. The highest BCUT2D eigenvalue weighted by Gasteiger charge is 2.42. The number of para-hydroxylation sites is 1. The minimum absolute atomic E-state index is 0.379. The van der Waals surface area contributed by atoms with Gasteiger partial charge in [-0.25, -0.2) is 15.0 Å². The van der Waals surface area contributed by atoms with Crippen molar-refractivity contribution in [3.05, 3.63) is 71.3 Å². The second-order valence-electron chi connectivity index (χ2n) is 7.19. The lowest BCUT2D eigenvalue weighted by molar-refractivity contribution is 0.778. The van der Waals surface area contributed by atoms with Gasteiger partial charge < -0.3 is 0 Å². The molecule has 1 fully saturated rings. The van der Waals surface area contributed by atoms with Crippen LogP contribution in [0.4, 0.5) is 0 Å². The quantitative estimate of drug-likeness (QED) is 0.558. The molecule has 0 amide bonds. The molecule has 0 radical (unpaired) electrons. The van der Waals surface area contributed by atoms with Crippen molar-refractivity contribution in [2.75, 3.05) is 0 Å². The Morgan fingerprint density at radius 3 is 2.44 bits per heavy atom. The molecule has 4 aromatic rings. The van der Waals surface area contributed by atoms with E-state index in [9.17, 15) is 0 Å². The molecule has 2 atom stereocenters. The van der Waals surface area contributed by atoms with Gasteiger partial charge in [-0.05, 0) is 39.3 Å². The van der Waals surface area contributed by atoms with E-state index in [1.54, 1.807) is 4.68 Å². The molecule has 1 aromatic carbocycles. The Labute approximate surface area is 157 Å². The standard InChI is InChI=1S/C21H20N6/c1-12-23-20(11-21(24-12)27-14(3)22-13(2)26-27)17-10-16(17)19-9-8-15-6-4-5-7-18(15)25-19/h4-9,11,16-17H,10H2,1-3H3. The van der Waals surface area contributed by atoms with Crippen LogP contribution in [0.1, 0.15) is 47.1 Å². The monoisotopic (exact) mass is 356 g/mol. The first-order chi connectivity index (χ1) is 13.1. The fraction of sp³-hybridized carbons (Fsp3) is 0.286. The normalized spacial score (nSPS) is 18.8. The summed E-state index contributed by atoms with van der Waals surface area (Å²) >= 11 is 0. The lowest BCUT2D eigenvalue weighted by atomic mass is 10.1. The average Bonchev–Trinajstić information content (AvgIpc) is 3.39. The molecule has 1 saturated carbocycles. The fourth-order valence-electron chi connectivity index (χ4n) is 3.75. The van der Waals surface area contributed by atoms with Crippen LogP contribution >= 0.6 is 0 Å². The zero-order valence-electron chi connectivity index (χ0n) is 15.6. The predicted molar refractivity (Wildman–Crippen MR) is 103 cm³/mol. The third-order valence-electron chi connectivity index (χ3n) is 5.11. The molecule has 3 heterocycles. The Kier molecular flexibility index (Phi) is 3.53. The van der Waals surface area contributed by atoms with Crippen molar-refractivity contribution in [3.63, 3.8) is 0 Å². The molecule has 134 valence electrons. The summed E-state index contributed by atoms with van der Waals surface area (Å²) in [7, 11) is 0. The summed E-state index contributed by atoms with van der Waals surface area (Å²) < 4.78 is 1.79. The fourth-order valence-corrected chi connectivity index (χ4v) is 3.75. The van der Waals surface area contributed by atoms with E-state index in [0.29, 0.717) is 11.8 Å². The van der Waals surface area contributed by atoms with Gasteiger partial charge in [-0.2, -0.15) is 4.68 Å². The van der Waals surface area contributed by atoms with Crippen LogP contribution in [0.15, 0.2) is 42.5 Å². The van der Waals surface area contributed by atoms with Crippen molar-refractivity contribution in [3.8, 4) is 5.82 Å². The van der Waals surface area contributed by atoms with Gasteiger partial charge in [0.2, 0.25) is 0 Å². The van der Waals surface area contributed by atoms with Crippen LogP contribution in [0.5, 0.6) is 0 Å². The summed E-state index contributed by atoms with van der Waals surface area (Å²) in [6.07, 6.45) is 1.07. The molecule has 5 rings (SSSR count). The molecule has 0 spiro atoms. The van der Waals surface area contributed by atoms with Crippen molar-refractivity contribution >= 4 is 10.9 Å². The molecule has 0 saturated heterocycles. The average molecular weight is 356 g/mol. The van der Waals surface area contributed by atoms with Gasteiger partial charge in [0, 0.05) is 29.0 Å². The summed E-state index contributed by atoms with van der Waals surface area (Å²) in [5, 5.41) is 5.63. The number of hydrogen-bond donors (Lipinski definition) is 0. The SMILES string of the molecule is Cc1nc(C2CC2c2ccc3ccccc3n2)cc(-n2nc(C)nc2C)n1. The molecular formula is C21H20N6. The van der Waals surface area contributed by atoms with Gasteiger partial charge in [0.25, 0.3) is 0 Å². The minimum Gasteiger partial charge on any atom is -0.253 e. The first kappa shape index (κ1) is 16.1. The summed E-state index contributed by atoms with van der Waals surface area (Å²) in [6, 6.07) is 14.6. The Morgan fingerprint density at radius 2 is 1.63 bits per heavy atom. The highest BCUT2D eigenvalue weighted by molar-refractivity contribution is 5.78. The van der Waals surface area contributed by atoms with Crippen molar-refractivity contribution in [1.29, 1.82) is 0 Å². The van der Waals surface area contributed by atoms with E-state index in [0.717, 1.165) is 46.6 Å². The maximum atomic E-state index is 4.86. The molecule has 0 aliphatic heterocycles. The van der Waals surface area contributed by atoms with Crippen LogP contribution in [0.3, 0.4) is 0 Å². The number of aromatic nitrogens is 6. The predicted octanol–water partition coefficient (Wildman–Crippen LogP) is 3.80. The van der Waals surface area contributed by atoms with E-state index in [2.05, 4.69) is 39.3 Å². The highest BCUT2D eigenvalue weighted by atomic mass is 15.4. The van der Waals surface area contributed by atoms with Crippen LogP contribution in [-0.4, -0.2) is 29.7 Å². The molecule has 2 unspecified atom stereocenters. The van der Waals surface area contributed by atoms with Gasteiger partial charge in [0.1, 0.15) is 17.5 Å². The molecule has 6 heteroatoms. The maximum absolute atomic E-state index is 4.86. The highest BCUT2D eigenvalue weighted by Crippen LogP contribution is 2.53. The summed E-state index contributed by atoms with van der Waals surface area (Å²) in [5.41, 5.74) is 3.25. The lowest BCUT2D eigenvalue weighted by Gasteiger charge is -2.07. The molecule has 1 aliphatic carbocycles. The molecule has 0 N–H and O–H groups in total. The molecule has 6 nitrogen and oxygen atoms in total. The van der Waals surface area contributed by atoms with E-state index in [4.69, 9.17) is 9.97 Å². The van der Waals surface area contributed by atoms with Gasteiger partial charge in [-0.1, -0.05) is 24.3 Å². The zero-order valence-corrected chi connectivity index (χ0v) is 15.6. The first-order valence-electron chi connectivity index (χ1n) is 9.20. The van der Waals surface area contributed by atoms with Crippen molar-refractivity contribution < 1.29 is 0 Å². The lowest BCUT2D eigenvalue weighted by Crippen LogP contribution is -2.06. The van der Waals surface area contributed by atoms with Crippen LogP contribution in [-0.2, 0) is 0 Å². The Bertz CT molecular complexity index is 1160. The van der Waals surface area contributed by atoms with Gasteiger partial charge in [0.05, 0.1) is 11.2 Å². The van der Waals surface area contributed by atoms with E-state index in [1.165, 1.54) is 5.39 Å². The van der Waals surface area contributed by atoms with E-state index in [1.807, 2.05) is 39.0 Å². The van der Waals surface area contributed by atoms with E-state index in [-0.39, 0.29) is 0 Å². The van der Waals surface area contributed by atoms with Crippen molar-refractivity contribution in [1.82, 2.24) is 29.7 Å². The molecule has 3 aromatic heterocycles. The van der Waals surface area contributed by atoms with Crippen molar-refractivity contribution in [2.24, 2.45) is 0 Å². The van der Waals surface area contributed by atoms with Gasteiger partial charge in [-0.3, -0.25) is 4.98 Å². The maximum Gasteiger partial charge on any atom is 0.159 e. The summed E-state index contributed by atoms with van der Waals surface area (Å²) in [6.45, 7) is 5.76. The minimum atomic E-state index is 0.379. The number of fused-ring (bicyclic) bond motifs is 1. The van der Waals surface area contributed by atoms with Gasteiger partial charge in [-0.15, -0.1) is 5.10 Å². The second kappa shape index (κ2) is 5.94. The summed E-state index contributed by atoms with van der Waals surface area (Å²) in [5.74, 6) is 3.91. The smallest absolute Gasteiger partial charge is 0.159 e. The third kappa shape index (κ3) is 2.87. The van der Waals surface area contributed by atoms with Crippen LogP contribution in [0.25, 0.3) is 16.7 Å². The number of pyridine rings is 1. The number of nitrogens with zero attached hydrogens (tertiary/aromatic N) is 6. The van der Waals surface area contributed by atoms with Gasteiger partial charge in [0.15, 0.2) is 5.82 Å². The Hall–Kier alpha value is -3.15. The van der Waals surface area contributed by atoms with Crippen molar-refractivity contribution in [2.45, 2.75) is 39.0 Å².